The lowest BCUT2D eigenvalue weighted by atomic mass is 10.2. The van der Waals surface area contributed by atoms with Crippen LogP contribution in [0.2, 0.25) is 0 Å². The Morgan fingerprint density at radius 2 is 1.96 bits per heavy atom. The highest BCUT2D eigenvalue weighted by molar-refractivity contribution is 7.89. The molecular formula is C20H22N2O3S2. The minimum Gasteiger partial charge on any atom is -0.495 e. The zero-order valence-electron chi connectivity index (χ0n) is 15.3. The number of pyridine rings is 1. The van der Waals surface area contributed by atoms with E-state index in [0.717, 1.165) is 17.5 Å². The van der Waals surface area contributed by atoms with Gasteiger partial charge in [0.25, 0.3) is 0 Å². The molecule has 0 aliphatic rings. The molecule has 0 spiro atoms. The fourth-order valence-electron chi connectivity index (χ4n) is 2.77. The normalized spacial score (nSPS) is 11.7. The summed E-state index contributed by atoms with van der Waals surface area (Å²) in [5.41, 5.74) is 2.59. The van der Waals surface area contributed by atoms with Crippen molar-refractivity contribution in [3.8, 4) is 5.75 Å². The van der Waals surface area contributed by atoms with Crippen LogP contribution >= 0.6 is 11.3 Å². The lowest BCUT2D eigenvalue weighted by Crippen LogP contribution is -2.31. The highest BCUT2D eigenvalue weighted by atomic mass is 32.2. The van der Waals surface area contributed by atoms with Crippen molar-refractivity contribution in [2.24, 2.45) is 0 Å². The van der Waals surface area contributed by atoms with Crippen molar-refractivity contribution in [2.45, 2.75) is 31.3 Å². The molecule has 1 aromatic carbocycles. The highest BCUT2D eigenvalue weighted by Gasteiger charge is 2.29. The Bertz CT molecular complexity index is 972. The van der Waals surface area contributed by atoms with Crippen molar-refractivity contribution in [2.75, 3.05) is 7.11 Å². The number of methoxy groups -OCH3 is 1. The summed E-state index contributed by atoms with van der Waals surface area (Å²) >= 11 is 1.55. The summed E-state index contributed by atoms with van der Waals surface area (Å²) in [6, 6.07) is 12.7. The molecule has 2 heterocycles. The molecule has 0 atom stereocenters. The first-order valence-electron chi connectivity index (χ1n) is 8.62. The molecule has 0 amide bonds. The van der Waals surface area contributed by atoms with Gasteiger partial charge in [0.2, 0.25) is 10.0 Å². The molecule has 0 fully saturated rings. The lowest BCUT2D eigenvalue weighted by Gasteiger charge is -2.23. The number of thiophene rings is 1. The molecule has 27 heavy (non-hydrogen) atoms. The fraction of sp³-hybridized carbons (Fsp3) is 0.250. The molecule has 0 aliphatic carbocycles. The van der Waals surface area contributed by atoms with E-state index in [4.69, 9.17) is 4.74 Å². The molecule has 0 saturated heterocycles. The van der Waals surface area contributed by atoms with Crippen LogP contribution in [0, 0.1) is 0 Å². The first-order chi connectivity index (χ1) is 13.0. The summed E-state index contributed by atoms with van der Waals surface area (Å²) in [4.78, 5) is 4.49. The second-order valence-electron chi connectivity index (χ2n) is 6.06. The minimum absolute atomic E-state index is 0.190. The van der Waals surface area contributed by atoms with Crippen LogP contribution < -0.4 is 4.74 Å². The summed E-state index contributed by atoms with van der Waals surface area (Å²) in [6.45, 7) is 2.47. The Labute approximate surface area is 164 Å². The summed E-state index contributed by atoms with van der Waals surface area (Å²) in [7, 11) is -2.29. The Morgan fingerprint density at radius 3 is 2.59 bits per heavy atom. The van der Waals surface area contributed by atoms with Crippen LogP contribution in [0.3, 0.4) is 0 Å². The number of aromatic nitrogens is 1. The predicted octanol–water partition coefficient (Wildman–Crippen LogP) is 4.11. The quantitative estimate of drug-likeness (QED) is 0.569. The van der Waals surface area contributed by atoms with Crippen molar-refractivity contribution >= 4 is 21.4 Å². The molecule has 3 rings (SSSR count). The highest BCUT2D eigenvalue weighted by Crippen LogP contribution is 2.30. The van der Waals surface area contributed by atoms with E-state index in [1.807, 2.05) is 48.0 Å². The molecule has 2 aromatic heterocycles. The molecule has 3 aromatic rings. The van der Waals surface area contributed by atoms with Gasteiger partial charge < -0.3 is 4.74 Å². The number of hydrogen-bond acceptors (Lipinski definition) is 5. The number of hydrogen-bond donors (Lipinski definition) is 0. The zero-order valence-corrected chi connectivity index (χ0v) is 17.0. The van der Waals surface area contributed by atoms with Gasteiger partial charge in [-0.2, -0.15) is 15.6 Å². The molecule has 5 nitrogen and oxygen atoms in total. The van der Waals surface area contributed by atoms with Crippen LogP contribution in [-0.4, -0.2) is 24.8 Å². The van der Waals surface area contributed by atoms with Gasteiger partial charge in [-0.05, 0) is 58.6 Å². The standard InChI is InChI=1S/C20H22N2O3S2/c1-3-16-7-8-19(25-2)20(12-16)27(23,24)22(13-17-9-11-26-15-17)14-18-6-4-5-10-21-18/h4-12,15H,3,13-14H2,1-2H3. The van der Waals surface area contributed by atoms with Gasteiger partial charge in [-0.1, -0.05) is 19.1 Å². The van der Waals surface area contributed by atoms with Gasteiger partial charge in [0.15, 0.2) is 0 Å². The van der Waals surface area contributed by atoms with Crippen molar-refractivity contribution < 1.29 is 13.2 Å². The van der Waals surface area contributed by atoms with Gasteiger partial charge in [0.1, 0.15) is 10.6 Å². The molecule has 0 saturated carbocycles. The second kappa shape index (κ2) is 8.65. The number of rotatable bonds is 8. The molecule has 0 unspecified atom stereocenters. The zero-order chi connectivity index (χ0) is 19.3. The van der Waals surface area contributed by atoms with Gasteiger partial charge in [-0.15, -0.1) is 0 Å². The van der Waals surface area contributed by atoms with Crippen LogP contribution in [0.15, 0.2) is 64.3 Å². The maximum Gasteiger partial charge on any atom is 0.247 e. The van der Waals surface area contributed by atoms with Gasteiger partial charge >= 0.3 is 0 Å². The number of sulfonamides is 1. The lowest BCUT2D eigenvalue weighted by molar-refractivity contribution is 0.380. The van der Waals surface area contributed by atoms with Gasteiger partial charge in [0, 0.05) is 12.7 Å². The SMILES string of the molecule is CCc1ccc(OC)c(S(=O)(=O)N(Cc2ccsc2)Cc2ccccn2)c1. The molecular weight excluding hydrogens is 380 g/mol. The number of ether oxygens (including phenoxy) is 1. The van der Waals surface area contributed by atoms with Crippen molar-refractivity contribution in [1.82, 2.24) is 9.29 Å². The molecule has 7 heteroatoms. The van der Waals surface area contributed by atoms with Crippen molar-refractivity contribution in [3.63, 3.8) is 0 Å². The molecule has 142 valence electrons. The Balaban J connectivity index is 2.04. The predicted molar refractivity (Wildman–Crippen MR) is 107 cm³/mol. The van der Waals surface area contributed by atoms with Crippen LogP contribution in [0.25, 0.3) is 0 Å². The topological polar surface area (TPSA) is 59.5 Å². The van der Waals surface area contributed by atoms with E-state index in [9.17, 15) is 8.42 Å². The Kier molecular flexibility index (Phi) is 6.26. The summed E-state index contributed by atoms with van der Waals surface area (Å²) in [6.07, 6.45) is 2.42. The summed E-state index contributed by atoms with van der Waals surface area (Å²) < 4.78 is 33.9. The monoisotopic (exact) mass is 402 g/mol. The average molecular weight is 403 g/mol. The van der Waals surface area contributed by atoms with E-state index >= 15 is 0 Å². The van der Waals surface area contributed by atoms with Crippen LogP contribution in [0.4, 0.5) is 0 Å². The van der Waals surface area contributed by atoms with Crippen LogP contribution in [0.1, 0.15) is 23.7 Å². The van der Waals surface area contributed by atoms with E-state index in [1.165, 1.54) is 11.4 Å². The Hall–Kier alpha value is -2.22. The second-order valence-corrected chi connectivity index (χ2v) is 8.75. The van der Waals surface area contributed by atoms with Gasteiger partial charge in [-0.25, -0.2) is 8.42 Å². The van der Waals surface area contributed by atoms with E-state index in [0.29, 0.717) is 11.4 Å². The first-order valence-corrected chi connectivity index (χ1v) is 11.0. The smallest absolute Gasteiger partial charge is 0.247 e. The average Bonchev–Trinajstić information content (AvgIpc) is 3.21. The number of aryl methyl sites for hydroxylation is 1. The third-order valence-electron chi connectivity index (χ3n) is 4.26. The van der Waals surface area contributed by atoms with Crippen molar-refractivity contribution in [1.29, 1.82) is 0 Å². The van der Waals surface area contributed by atoms with Gasteiger partial charge in [-0.3, -0.25) is 4.98 Å². The van der Waals surface area contributed by atoms with Crippen LogP contribution in [-0.2, 0) is 29.5 Å². The minimum atomic E-state index is -3.78. The maximum absolute atomic E-state index is 13.5. The summed E-state index contributed by atoms with van der Waals surface area (Å²) in [5.74, 6) is 0.350. The molecule has 0 radical (unpaired) electrons. The largest absolute Gasteiger partial charge is 0.495 e. The van der Waals surface area contributed by atoms with Gasteiger partial charge in [0.05, 0.1) is 19.3 Å². The fourth-order valence-corrected chi connectivity index (χ4v) is 5.03. The Morgan fingerprint density at radius 1 is 1.11 bits per heavy atom. The van der Waals surface area contributed by atoms with E-state index in [-0.39, 0.29) is 18.0 Å². The van der Waals surface area contributed by atoms with E-state index in [1.54, 1.807) is 29.7 Å². The third-order valence-corrected chi connectivity index (χ3v) is 6.80. The van der Waals surface area contributed by atoms with E-state index in [2.05, 4.69) is 4.98 Å². The maximum atomic E-state index is 13.5. The first kappa shape index (κ1) is 19.5. The van der Waals surface area contributed by atoms with E-state index < -0.39 is 10.0 Å². The molecule has 0 bridgehead atoms. The van der Waals surface area contributed by atoms with Crippen LogP contribution in [0.5, 0.6) is 5.75 Å². The molecule has 0 aliphatic heterocycles. The number of nitrogens with zero attached hydrogens (tertiary/aromatic N) is 2. The number of benzene rings is 1. The molecule has 0 N–H and O–H groups in total. The summed E-state index contributed by atoms with van der Waals surface area (Å²) in [5, 5.41) is 3.90. The third kappa shape index (κ3) is 4.55. The van der Waals surface area contributed by atoms with Crippen molar-refractivity contribution in [3.05, 3.63) is 76.2 Å².